The van der Waals surface area contributed by atoms with Crippen molar-refractivity contribution in [2.75, 3.05) is 20.3 Å². The first-order valence-electron chi connectivity index (χ1n) is 6.95. The standard InChI is InChI=1S/C18H20O3/c1-13-5-4-6-15(11-13)16-7-8-17(14(2)19)18(12-16)21-10-9-20-3/h4-8,11-12H,9-10H2,1-3H3. The minimum atomic E-state index is -0.00166. The zero-order chi connectivity index (χ0) is 15.2. The molecule has 0 spiro atoms. The van der Waals surface area contributed by atoms with Gasteiger partial charge < -0.3 is 9.47 Å². The lowest BCUT2D eigenvalue weighted by Crippen LogP contribution is -2.07. The molecule has 0 unspecified atom stereocenters. The summed E-state index contributed by atoms with van der Waals surface area (Å²) in [5.41, 5.74) is 3.95. The predicted octanol–water partition coefficient (Wildman–Crippen LogP) is 3.89. The molecule has 0 heterocycles. The fourth-order valence-electron chi connectivity index (χ4n) is 2.17. The van der Waals surface area contributed by atoms with Crippen molar-refractivity contribution in [1.29, 1.82) is 0 Å². The van der Waals surface area contributed by atoms with E-state index in [0.29, 0.717) is 24.5 Å². The third-order valence-corrected chi connectivity index (χ3v) is 3.26. The summed E-state index contributed by atoms with van der Waals surface area (Å²) in [7, 11) is 1.62. The molecule has 0 aliphatic carbocycles. The fraction of sp³-hybridized carbons (Fsp3) is 0.278. The van der Waals surface area contributed by atoms with Crippen LogP contribution >= 0.6 is 0 Å². The molecule has 3 heteroatoms. The molecule has 0 N–H and O–H groups in total. The number of Topliss-reactive ketones (excluding diaryl/α,β-unsaturated/α-hetero) is 1. The number of ketones is 1. The van der Waals surface area contributed by atoms with Gasteiger partial charge in [-0.25, -0.2) is 0 Å². The maximum absolute atomic E-state index is 11.7. The van der Waals surface area contributed by atoms with Crippen molar-refractivity contribution in [2.45, 2.75) is 13.8 Å². The predicted molar refractivity (Wildman–Crippen MR) is 84.0 cm³/mol. The van der Waals surface area contributed by atoms with Gasteiger partial charge in [0.15, 0.2) is 5.78 Å². The molecular weight excluding hydrogens is 264 g/mol. The van der Waals surface area contributed by atoms with E-state index in [4.69, 9.17) is 9.47 Å². The van der Waals surface area contributed by atoms with Crippen LogP contribution in [-0.2, 0) is 4.74 Å². The molecule has 0 aromatic heterocycles. The summed E-state index contributed by atoms with van der Waals surface area (Å²) >= 11 is 0. The number of aryl methyl sites for hydroxylation is 1. The number of rotatable bonds is 6. The van der Waals surface area contributed by atoms with E-state index in [1.807, 2.05) is 24.3 Å². The summed E-state index contributed by atoms with van der Waals surface area (Å²) in [4.78, 5) is 11.7. The van der Waals surface area contributed by atoms with Gasteiger partial charge in [-0.15, -0.1) is 0 Å². The summed E-state index contributed by atoms with van der Waals surface area (Å²) in [6.45, 7) is 4.52. The maximum atomic E-state index is 11.7. The van der Waals surface area contributed by atoms with Gasteiger partial charge in [-0.05, 0) is 37.1 Å². The van der Waals surface area contributed by atoms with Crippen molar-refractivity contribution in [3.05, 3.63) is 53.6 Å². The van der Waals surface area contributed by atoms with Gasteiger partial charge in [-0.3, -0.25) is 4.79 Å². The van der Waals surface area contributed by atoms with E-state index in [-0.39, 0.29) is 5.78 Å². The van der Waals surface area contributed by atoms with Crippen molar-refractivity contribution in [1.82, 2.24) is 0 Å². The number of hydrogen-bond donors (Lipinski definition) is 0. The third kappa shape index (κ3) is 3.92. The van der Waals surface area contributed by atoms with E-state index in [1.54, 1.807) is 14.0 Å². The second kappa shape index (κ2) is 7.04. The molecule has 0 radical (unpaired) electrons. The smallest absolute Gasteiger partial charge is 0.163 e. The number of benzene rings is 2. The van der Waals surface area contributed by atoms with Crippen molar-refractivity contribution in [3.8, 4) is 16.9 Å². The zero-order valence-electron chi connectivity index (χ0n) is 12.7. The second-order valence-electron chi connectivity index (χ2n) is 4.98. The monoisotopic (exact) mass is 284 g/mol. The molecular formula is C18H20O3. The molecule has 2 aromatic rings. The number of carbonyl (C=O) groups is 1. The molecule has 21 heavy (non-hydrogen) atoms. The summed E-state index contributed by atoms with van der Waals surface area (Å²) in [6, 6.07) is 13.9. The van der Waals surface area contributed by atoms with E-state index in [9.17, 15) is 4.79 Å². The van der Waals surface area contributed by atoms with Crippen LogP contribution in [0.1, 0.15) is 22.8 Å². The van der Waals surface area contributed by atoms with E-state index in [1.165, 1.54) is 5.56 Å². The zero-order valence-corrected chi connectivity index (χ0v) is 12.7. The van der Waals surface area contributed by atoms with E-state index in [2.05, 4.69) is 25.1 Å². The van der Waals surface area contributed by atoms with Crippen LogP contribution in [0.2, 0.25) is 0 Å². The van der Waals surface area contributed by atoms with Crippen LogP contribution in [0, 0.1) is 6.92 Å². The Bertz CT molecular complexity index is 632. The molecule has 0 saturated carbocycles. The molecule has 0 bridgehead atoms. The number of carbonyl (C=O) groups excluding carboxylic acids is 1. The summed E-state index contributed by atoms with van der Waals surface area (Å²) in [5.74, 6) is 0.608. The van der Waals surface area contributed by atoms with Crippen LogP contribution in [0.5, 0.6) is 5.75 Å². The molecule has 2 rings (SSSR count). The normalized spacial score (nSPS) is 10.4. The van der Waals surface area contributed by atoms with Gasteiger partial charge in [0, 0.05) is 7.11 Å². The van der Waals surface area contributed by atoms with Crippen LogP contribution in [0.4, 0.5) is 0 Å². The largest absolute Gasteiger partial charge is 0.490 e. The first kappa shape index (κ1) is 15.3. The topological polar surface area (TPSA) is 35.5 Å². The van der Waals surface area contributed by atoms with Gasteiger partial charge in [0.25, 0.3) is 0 Å². The molecule has 110 valence electrons. The molecule has 0 aliphatic heterocycles. The Kier molecular flexibility index (Phi) is 5.12. The Morgan fingerprint density at radius 1 is 1.05 bits per heavy atom. The SMILES string of the molecule is COCCOc1cc(-c2cccc(C)c2)ccc1C(C)=O. The van der Waals surface area contributed by atoms with Crippen LogP contribution in [0.25, 0.3) is 11.1 Å². The molecule has 0 saturated heterocycles. The number of hydrogen-bond acceptors (Lipinski definition) is 3. The van der Waals surface area contributed by atoms with Crippen molar-refractivity contribution in [2.24, 2.45) is 0 Å². The van der Waals surface area contributed by atoms with Crippen molar-refractivity contribution >= 4 is 5.78 Å². The van der Waals surface area contributed by atoms with Crippen LogP contribution in [-0.4, -0.2) is 26.1 Å². The van der Waals surface area contributed by atoms with Gasteiger partial charge in [0.1, 0.15) is 12.4 Å². The van der Waals surface area contributed by atoms with E-state index < -0.39 is 0 Å². The number of methoxy groups -OCH3 is 1. The third-order valence-electron chi connectivity index (χ3n) is 3.26. The highest BCUT2D eigenvalue weighted by molar-refractivity contribution is 5.97. The first-order valence-corrected chi connectivity index (χ1v) is 6.95. The van der Waals surface area contributed by atoms with Crippen molar-refractivity contribution < 1.29 is 14.3 Å². The highest BCUT2D eigenvalue weighted by atomic mass is 16.5. The fourth-order valence-corrected chi connectivity index (χ4v) is 2.17. The van der Waals surface area contributed by atoms with Gasteiger partial charge in [-0.1, -0.05) is 35.9 Å². The van der Waals surface area contributed by atoms with E-state index >= 15 is 0 Å². The Labute approximate surface area is 125 Å². The average molecular weight is 284 g/mol. The lowest BCUT2D eigenvalue weighted by Gasteiger charge is -2.12. The maximum Gasteiger partial charge on any atom is 0.163 e. The Morgan fingerprint density at radius 3 is 2.48 bits per heavy atom. The first-order chi connectivity index (χ1) is 10.1. The van der Waals surface area contributed by atoms with Crippen LogP contribution in [0.15, 0.2) is 42.5 Å². The molecule has 0 amide bonds. The second-order valence-corrected chi connectivity index (χ2v) is 4.98. The van der Waals surface area contributed by atoms with Crippen LogP contribution in [0.3, 0.4) is 0 Å². The molecule has 3 nitrogen and oxygen atoms in total. The highest BCUT2D eigenvalue weighted by Gasteiger charge is 2.10. The summed E-state index contributed by atoms with van der Waals surface area (Å²) in [5, 5.41) is 0. The lowest BCUT2D eigenvalue weighted by molar-refractivity contribution is 0.100. The van der Waals surface area contributed by atoms with Gasteiger partial charge >= 0.3 is 0 Å². The molecule has 2 aromatic carbocycles. The molecule has 0 aliphatic rings. The Hall–Kier alpha value is -2.13. The minimum absolute atomic E-state index is 0.00166. The minimum Gasteiger partial charge on any atom is -0.490 e. The number of ether oxygens (including phenoxy) is 2. The quantitative estimate of drug-likeness (QED) is 0.596. The van der Waals surface area contributed by atoms with Gasteiger partial charge in [-0.2, -0.15) is 0 Å². The Balaban J connectivity index is 2.36. The molecule has 0 atom stereocenters. The lowest BCUT2D eigenvalue weighted by atomic mass is 10.0. The van der Waals surface area contributed by atoms with Gasteiger partial charge in [0.2, 0.25) is 0 Å². The van der Waals surface area contributed by atoms with Crippen LogP contribution < -0.4 is 4.74 Å². The summed E-state index contributed by atoms with van der Waals surface area (Å²) < 4.78 is 10.7. The van der Waals surface area contributed by atoms with Gasteiger partial charge in [0.05, 0.1) is 12.2 Å². The van der Waals surface area contributed by atoms with E-state index in [0.717, 1.165) is 11.1 Å². The average Bonchev–Trinajstić information content (AvgIpc) is 2.47. The van der Waals surface area contributed by atoms with Crippen molar-refractivity contribution in [3.63, 3.8) is 0 Å². The molecule has 0 fully saturated rings. The Morgan fingerprint density at radius 2 is 1.81 bits per heavy atom. The highest BCUT2D eigenvalue weighted by Crippen LogP contribution is 2.28. The summed E-state index contributed by atoms with van der Waals surface area (Å²) in [6.07, 6.45) is 0.